The molecule has 2 rings (SSSR count). The lowest BCUT2D eigenvalue weighted by atomic mass is 9.87. The van der Waals surface area contributed by atoms with Crippen LogP contribution in [0.25, 0.3) is 0 Å². The summed E-state index contributed by atoms with van der Waals surface area (Å²) in [6.45, 7) is 8.72. The first-order chi connectivity index (χ1) is 9.91. The average Bonchev–Trinajstić information content (AvgIpc) is 2.97. The van der Waals surface area contributed by atoms with E-state index in [2.05, 4.69) is 57.3 Å². The molecule has 0 spiro atoms. The number of hydrogen-bond acceptors (Lipinski definition) is 3. The Hall–Kier alpha value is -1.32. The van der Waals surface area contributed by atoms with Gasteiger partial charge in [0.05, 0.1) is 0 Å². The van der Waals surface area contributed by atoms with Crippen LogP contribution in [0.4, 0.5) is 0 Å². The van der Waals surface area contributed by atoms with Gasteiger partial charge in [-0.3, -0.25) is 0 Å². The predicted molar refractivity (Wildman–Crippen MR) is 91.1 cm³/mol. The van der Waals surface area contributed by atoms with Crippen LogP contribution in [-0.2, 0) is 5.41 Å². The zero-order chi connectivity index (χ0) is 15.5. The summed E-state index contributed by atoms with van der Waals surface area (Å²) < 4.78 is 6.23. The van der Waals surface area contributed by atoms with Crippen molar-refractivity contribution >= 4 is 11.3 Å². The molecule has 1 aromatic carbocycles. The molecule has 0 saturated heterocycles. The summed E-state index contributed by atoms with van der Waals surface area (Å²) in [5.41, 5.74) is 7.65. The van der Waals surface area contributed by atoms with Gasteiger partial charge >= 0.3 is 0 Å². The molecule has 0 aliphatic heterocycles. The minimum atomic E-state index is -0.0785. The summed E-state index contributed by atoms with van der Waals surface area (Å²) in [6.07, 6.45) is 0.812. The largest absolute Gasteiger partial charge is 0.483 e. The van der Waals surface area contributed by atoms with Crippen LogP contribution in [0.3, 0.4) is 0 Å². The van der Waals surface area contributed by atoms with Crippen molar-refractivity contribution in [2.75, 3.05) is 0 Å². The molecule has 114 valence electrons. The van der Waals surface area contributed by atoms with Gasteiger partial charge in [-0.05, 0) is 41.0 Å². The Morgan fingerprint density at radius 2 is 1.95 bits per heavy atom. The van der Waals surface area contributed by atoms with E-state index >= 15 is 0 Å². The summed E-state index contributed by atoms with van der Waals surface area (Å²) in [5, 5.41) is 2.07. The highest BCUT2D eigenvalue weighted by Gasteiger charge is 2.22. The molecule has 2 nitrogen and oxygen atoms in total. The lowest BCUT2D eigenvalue weighted by Crippen LogP contribution is -2.31. The van der Waals surface area contributed by atoms with Gasteiger partial charge in [-0.2, -0.15) is 0 Å². The Bertz CT molecular complexity index is 557. The van der Waals surface area contributed by atoms with Gasteiger partial charge < -0.3 is 10.5 Å². The molecule has 21 heavy (non-hydrogen) atoms. The predicted octanol–water partition coefficient (Wildman–Crippen LogP) is 4.90. The summed E-state index contributed by atoms with van der Waals surface area (Å²) in [5.74, 6) is 0.893. The Morgan fingerprint density at radius 1 is 1.19 bits per heavy atom. The topological polar surface area (TPSA) is 35.2 Å². The van der Waals surface area contributed by atoms with E-state index in [1.807, 2.05) is 12.1 Å². The fraction of sp³-hybridized carbons (Fsp3) is 0.444. The Kier molecular flexibility index (Phi) is 5.07. The quantitative estimate of drug-likeness (QED) is 0.852. The Balaban J connectivity index is 2.25. The smallest absolute Gasteiger partial charge is 0.148 e. The van der Waals surface area contributed by atoms with Crippen LogP contribution in [0.15, 0.2) is 41.8 Å². The molecule has 2 N–H and O–H groups in total. The first kappa shape index (κ1) is 16.1. The molecule has 0 saturated carbocycles. The number of benzene rings is 1. The van der Waals surface area contributed by atoms with E-state index in [1.165, 1.54) is 10.4 Å². The molecule has 2 aromatic rings. The molecule has 0 amide bonds. The van der Waals surface area contributed by atoms with Crippen LogP contribution in [0.2, 0.25) is 0 Å². The van der Waals surface area contributed by atoms with Crippen LogP contribution >= 0.6 is 11.3 Å². The van der Waals surface area contributed by atoms with Crippen molar-refractivity contribution in [1.29, 1.82) is 0 Å². The fourth-order valence-corrected chi connectivity index (χ4v) is 3.03. The van der Waals surface area contributed by atoms with E-state index in [1.54, 1.807) is 11.3 Å². The number of rotatable bonds is 5. The van der Waals surface area contributed by atoms with Gasteiger partial charge in [0.2, 0.25) is 0 Å². The van der Waals surface area contributed by atoms with Crippen molar-refractivity contribution in [2.24, 2.45) is 5.73 Å². The zero-order valence-corrected chi connectivity index (χ0v) is 14.1. The minimum Gasteiger partial charge on any atom is -0.483 e. The van der Waals surface area contributed by atoms with Crippen LogP contribution in [-0.4, -0.2) is 6.04 Å². The molecule has 2 atom stereocenters. The molecule has 1 aromatic heterocycles. The van der Waals surface area contributed by atoms with Crippen molar-refractivity contribution < 1.29 is 4.74 Å². The average molecular weight is 303 g/mol. The molecule has 3 heteroatoms. The zero-order valence-electron chi connectivity index (χ0n) is 13.3. The maximum Gasteiger partial charge on any atom is 0.148 e. The normalized spacial score (nSPS) is 14.7. The van der Waals surface area contributed by atoms with Gasteiger partial charge in [-0.25, -0.2) is 0 Å². The van der Waals surface area contributed by atoms with E-state index in [9.17, 15) is 0 Å². The molecule has 1 heterocycles. The number of hydrogen-bond donors (Lipinski definition) is 1. The third kappa shape index (κ3) is 4.08. The fourth-order valence-electron chi connectivity index (χ4n) is 2.21. The van der Waals surface area contributed by atoms with E-state index in [0.29, 0.717) is 0 Å². The highest BCUT2D eigenvalue weighted by Crippen LogP contribution is 2.31. The van der Waals surface area contributed by atoms with Gasteiger partial charge in [0, 0.05) is 10.9 Å². The van der Waals surface area contributed by atoms with Crippen molar-refractivity contribution in [1.82, 2.24) is 0 Å². The Labute approximate surface area is 132 Å². The maximum absolute atomic E-state index is 6.26. The van der Waals surface area contributed by atoms with E-state index in [0.717, 1.165) is 12.2 Å². The molecule has 0 aliphatic rings. The maximum atomic E-state index is 6.26. The number of ether oxygens (including phenoxy) is 1. The van der Waals surface area contributed by atoms with Crippen LogP contribution in [0, 0.1) is 0 Å². The number of nitrogens with two attached hydrogens (primary N) is 1. The SMILES string of the molecule is CCC(N)C(Oc1cccc(C(C)(C)C)c1)c1cccs1. The van der Waals surface area contributed by atoms with Crippen LogP contribution in [0.5, 0.6) is 5.75 Å². The molecular weight excluding hydrogens is 278 g/mol. The van der Waals surface area contributed by atoms with E-state index in [4.69, 9.17) is 10.5 Å². The van der Waals surface area contributed by atoms with Gasteiger partial charge in [-0.1, -0.05) is 45.9 Å². The van der Waals surface area contributed by atoms with E-state index in [-0.39, 0.29) is 17.6 Å². The van der Waals surface area contributed by atoms with Crippen molar-refractivity contribution in [2.45, 2.75) is 51.7 Å². The summed E-state index contributed by atoms with van der Waals surface area (Å²) in [4.78, 5) is 1.19. The first-order valence-electron chi connectivity index (χ1n) is 7.48. The third-order valence-electron chi connectivity index (χ3n) is 3.65. The molecular formula is C18H25NOS. The Morgan fingerprint density at radius 3 is 2.52 bits per heavy atom. The monoisotopic (exact) mass is 303 g/mol. The van der Waals surface area contributed by atoms with Crippen LogP contribution < -0.4 is 10.5 Å². The van der Waals surface area contributed by atoms with Gasteiger partial charge in [0.1, 0.15) is 11.9 Å². The van der Waals surface area contributed by atoms with E-state index < -0.39 is 0 Å². The second-order valence-electron chi connectivity index (χ2n) is 6.40. The molecule has 2 unspecified atom stereocenters. The summed E-state index contributed by atoms with van der Waals surface area (Å²) >= 11 is 1.70. The lowest BCUT2D eigenvalue weighted by Gasteiger charge is -2.25. The standard InChI is InChI=1S/C18H25NOS/c1-5-15(19)17(16-10-7-11-21-16)20-14-9-6-8-13(12-14)18(2,3)4/h6-12,15,17H,5,19H2,1-4H3. The molecule has 0 radical (unpaired) electrons. The van der Waals surface area contributed by atoms with Crippen LogP contribution in [0.1, 0.15) is 50.7 Å². The van der Waals surface area contributed by atoms with Gasteiger partial charge in [-0.15, -0.1) is 11.3 Å². The minimum absolute atomic E-state index is 0.00180. The highest BCUT2D eigenvalue weighted by molar-refractivity contribution is 7.10. The highest BCUT2D eigenvalue weighted by atomic mass is 32.1. The summed E-state index contributed by atoms with van der Waals surface area (Å²) in [7, 11) is 0. The lowest BCUT2D eigenvalue weighted by molar-refractivity contribution is 0.174. The number of thiophene rings is 1. The van der Waals surface area contributed by atoms with Gasteiger partial charge in [0.25, 0.3) is 0 Å². The first-order valence-corrected chi connectivity index (χ1v) is 8.36. The third-order valence-corrected chi connectivity index (χ3v) is 4.58. The molecule has 0 aliphatic carbocycles. The molecule has 0 bridgehead atoms. The second kappa shape index (κ2) is 6.63. The second-order valence-corrected chi connectivity index (χ2v) is 7.38. The van der Waals surface area contributed by atoms with Crippen molar-refractivity contribution in [3.8, 4) is 5.75 Å². The molecule has 0 fully saturated rings. The summed E-state index contributed by atoms with van der Waals surface area (Å²) in [6, 6.07) is 12.5. The van der Waals surface area contributed by atoms with Crippen molar-refractivity contribution in [3.63, 3.8) is 0 Å². The van der Waals surface area contributed by atoms with Crippen molar-refractivity contribution in [3.05, 3.63) is 52.2 Å². The van der Waals surface area contributed by atoms with Gasteiger partial charge in [0.15, 0.2) is 0 Å².